The van der Waals surface area contributed by atoms with Gasteiger partial charge < -0.3 is 0 Å². The van der Waals surface area contributed by atoms with Crippen molar-refractivity contribution in [3.8, 4) is 0 Å². The van der Waals surface area contributed by atoms with E-state index in [4.69, 9.17) is 11.6 Å². The predicted molar refractivity (Wildman–Crippen MR) is 74.9 cm³/mol. The Morgan fingerprint density at radius 1 is 1.22 bits per heavy atom. The third kappa shape index (κ3) is 2.91. The monoisotopic (exact) mass is 363 g/mol. The molecule has 0 fully saturated rings. The number of hydrogen-bond donors (Lipinski definition) is 0. The molecule has 0 atom stereocenters. The largest absolute Gasteiger partial charge is 0.417 e. The molecular weight excluding hydrogens is 355 g/mol. The molecule has 2 aromatic rings. The van der Waals surface area contributed by atoms with Gasteiger partial charge in [-0.1, -0.05) is 11.6 Å². The lowest BCUT2D eigenvalue weighted by Crippen LogP contribution is -2.26. The van der Waals surface area contributed by atoms with E-state index in [-0.39, 0.29) is 13.1 Å². The number of nitrogens with zero attached hydrogens (tertiary/aromatic N) is 3. The van der Waals surface area contributed by atoms with Gasteiger partial charge in [0.2, 0.25) is 10.0 Å². The van der Waals surface area contributed by atoms with E-state index in [1.807, 2.05) is 0 Å². The molecule has 1 aliphatic heterocycles. The summed E-state index contributed by atoms with van der Waals surface area (Å²) in [7, 11) is -4.10. The van der Waals surface area contributed by atoms with Gasteiger partial charge in [0.05, 0.1) is 27.7 Å². The zero-order valence-corrected chi connectivity index (χ0v) is 13.0. The van der Waals surface area contributed by atoms with E-state index in [2.05, 4.69) is 9.97 Å². The molecular formula is C13H9ClF3N3O2S. The highest BCUT2D eigenvalue weighted by atomic mass is 35.5. The molecule has 3 rings (SSSR count). The van der Waals surface area contributed by atoms with Crippen LogP contribution in [0, 0.1) is 0 Å². The van der Waals surface area contributed by atoms with Gasteiger partial charge in [-0.15, -0.1) is 0 Å². The molecule has 0 bridgehead atoms. The summed E-state index contributed by atoms with van der Waals surface area (Å²) in [6, 6.07) is 2.54. The minimum Gasteiger partial charge on any atom is -0.244 e. The smallest absolute Gasteiger partial charge is 0.244 e. The van der Waals surface area contributed by atoms with Crippen LogP contribution in [-0.4, -0.2) is 22.7 Å². The van der Waals surface area contributed by atoms with Crippen molar-refractivity contribution in [2.75, 3.05) is 0 Å². The maximum Gasteiger partial charge on any atom is 0.417 e. The SMILES string of the molecule is O=S(=O)(c1ccc(Cl)c(C(F)(F)F)c1)N1Cc2cncnc2C1. The molecule has 23 heavy (non-hydrogen) atoms. The van der Waals surface area contributed by atoms with E-state index in [0.29, 0.717) is 17.3 Å². The van der Waals surface area contributed by atoms with Crippen LogP contribution >= 0.6 is 11.6 Å². The second kappa shape index (κ2) is 5.43. The zero-order valence-electron chi connectivity index (χ0n) is 11.4. The normalized spacial score (nSPS) is 15.7. The van der Waals surface area contributed by atoms with Crippen LogP contribution in [0.1, 0.15) is 16.8 Å². The first-order valence-electron chi connectivity index (χ1n) is 6.34. The maximum absolute atomic E-state index is 12.9. The van der Waals surface area contributed by atoms with Crippen molar-refractivity contribution in [3.05, 3.63) is 52.6 Å². The summed E-state index contributed by atoms with van der Waals surface area (Å²) in [6.45, 7) is 0.00660. The number of halogens is 4. The fourth-order valence-electron chi connectivity index (χ4n) is 2.27. The molecule has 0 amide bonds. The first-order valence-corrected chi connectivity index (χ1v) is 8.16. The van der Waals surface area contributed by atoms with E-state index < -0.39 is 31.7 Å². The molecule has 1 aliphatic rings. The zero-order chi connectivity index (χ0) is 16.8. The van der Waals surface area contributed by atoms with E-state index in [1.165, 1.54) is 12.5 Å². The molecule has 1 aromatic carbocycles. The number of fused-ring (bicyclic) bond motifs is 1. The van der Waals surface area contributed by atoms with Crippen LogP contribution in [0.15, 0.2) is 35.6 Å². The molecule has 1 aromatic heterocycles. The molecule has 2 heterocycles. The van der Waals surface area contributed by atoms with Gasteiger partial charge in [-0.25, -0.2) is 18.4 Å². The second-order valence-corrected chi connectivity index (χ2v) is 7.25. The molecule has 0 saturated heterocycles. The minimum atomic E-state index is -4.73. The van der Waals surface area contributed by atoms with Crippen molar-refractivity contribution < 1.29 is 21.6 Å². The Kier molecular flexibility index (Phi) is 3.81. The average Bonchev–Trinajstić information content (AvgIpc) is 2.91. The van der Waals surface area contributed by atoms with Crippen LogP contribution in [0.25, 0.3) is 0 Å². The van der Waals surface area contributed by atoms with Gasteiger partial charge in [-0.2, -0.15) is 17.5 Å². The van der Waals surface area contributed by atoms with Crippen molar-refractivity contribution >= 4 is 21.6 Å². The Morgan fingerprint density at radius 3 is 2.61 bits per heavy atom. The quantitative estimate of drug-likeness (QED) is 0.823. The highest BCUT2D eigenvalue weighted by Crippen LogP contribution is 2.37. The van der Waals surface area contributed by atoms with Crippen molar-refractivity contribution in [2.24, 2.45) is 0 Å². The van der Waals surface area contributed by atoms with E-state index >= 15 is 0 Å². The lowest BCUT2D eigenvalue weighted by Gasteiger charge is -2.17. The van der Waals surface area contributed by atoms with Crippen LogP contribution in [0.2, 0.25) is 5.02 Å². The van der Waals surface area contributed by atoms with Crippen LogP contribution in [0.4, 0.5) is 13.2 Å². The van der Waals surface area contributed by atoms with Crippen LogP contribution in [-0.2, 0) is 29.3 Å². The van der Waals surface area contributed by atoms with Crippen LogP contribution in [0.5, 0.6) is 0 Å². The number of aromatic nitrogens is 2. The summed E-state index contributed by atoms with van der Waals surface area (Å²) in [5.41, 5.74) is -0.0218. The molecule has 10 heteroatoms. The highest BCUT2D eigenvalue weighted by Gasteiger charge is 2.37. The van der Waals surface area contributed by atoms with E-state index in [1.54, 1.807) is 0 Å². The summed E-state index contributed by atoms with van der Waals surface area (Å²) in [5.74, 6) is 0. The number of sulfonamides is 1. The van der Waals surface area contributed by atoms with Gasteiger partial charge in [-0.05, 0) is 18.2 Å². The van der Waals surface area contributed by atoms with E-state index in [0.717, 1.165) is 16.4 Å². The highest BCUT2D eigenvalue weighted by molar-refractivity contribution is 7.89. The van der Waals surface area contributed by atoms with Crippen molar-refractivity contribution in [1.82, 2.24) is 14.3 Å². The second-order valence-electron chi connectivity index (χ2n) is 4.91. The Balaban J connectivity index is 1.99. The Morgan fingerprint density at radius 2 is 1.96 bits per heavy atom. The van der Waals surface area contributed by atoms with Gasteiger partial charge >= 0.3 is 6.18 Å². The first-order chi connectivity index (χ1) is 10.7. The molecule has 0 unspecified atom stereocenters. The Labute approximate surface area is 134 Å². The summed E-state index contributed by atoms with van der Waals surface area (Å²) in [6.07, 6.45) is -1.96. The number of alkyl halides is 3. The number of hydrogen-bond acceptors (Lipinski definition) is 4. The number of benzene rings is 1. The maximum atomic E-state index is 12.9. The van der Waals surface area contributed by atoms with Crippen molar-refractivity contribution in [3.63, 3.8) is 0 Å². The molecule has 0 saturated carbocycles. The molecule has 0 radical (unpaired) electrons. The Hall–Kier alpha value is -1.71. The summed E-state index contributed by atoms with van der Waals surface area (Å²) >= 11 is 5.52. The summed E-state index contributed by atoms with van der Waals surface area (Å²) in [5, 5.41) is -0.549. The fourth-order valence-corrected chi connectivity index (χ4v) is 3.90. The lowest BCUT2D eigenvalue weighted by molar-refractivity contribution is -0.137. The molecule has 0 aliphatic carbocycles. The topological polar surface area (TPSA) is 63.2 Å². The minimum absolute atomic E-state index is 0.00976. The van der Waals surface area contributed by atoms with Crippen LogP contribution < -0.4 is 0 Å². The van der Waals surface area contributed by atoms with Gasteiger partial charge in [0.25, 0.3) is 0 Å². The van der Waals surface area contributed by atoms with Gasteiger partial charge in [0.1, 0.15) is 6.33 Å². The molecule has 122 valence electrons. The average molecular weight is 364 g/mol. The van der Waals surface area contributed by atoms with Crippen molar-refractivity contribution in [2.45, 2.75) is 24.2 Å². The number of rotatable bonds is 2. The molecule has 5 nitrogen and oxygen atoms in total. The first kappa shape index (κ1) is 16.2. The standard InChI is InChI=1S/C13H9ClF3N3O2S/c14-11-2-1-9(3-10(11)13(15,16)17)23(21,22)20-5-8-4-18-7-19-12(8)6-20/h1-4,7H,5-6H2. The summed E-state index contributed by atoms with van der Waals surface area (Å²) in [4.78, 5) is 7.31. The predicted octanol–water partition coefficient (Wildman–Crippen LogP) is 2.85. The van der Waals surface area contributed by atoms with Gasteiger partial charge in [0.15, 0.2) is 0 Å². The summed E-state index contributed by atoms with van der Waals surface area (Å²) < 4.78 is 64.9. The third-order valence-electron chi connectivity index (χ3n) is 3.44. The van der Waals surface area contributed by atoms with Crippen LogP contribution in [0.3, 0.4) is 0 Å². The molecule has 0 spiro atoms. The van der Waals surface area contributed by atoms with Gasteiger partial charge in [0, 0.05) is 18.3 Å². The van der Waals surface area contributed by atoms with Crippen molar-refractivity contribution in [1.29, 1.82) is 0 Å². The third-order valence-corrected chi connectivity index (χ3v) is 5.55. The van der Waals surface area contributed by atoms with E-state index in [9.17, 15) is 21.6 Å². The lowest BCUT2D eigenvalue weighted by atomic mass is 10.2. The molecule has 0 N–H and O–H groups in total. The fraction of sp³-hybridized carbons (Fsp3) is 0.231. The Bertz CT molecular complexity index is 846. The van der Waals surface area contributed by atoms with Gasteiger partial charge in [-0.3, -0.25) is 0 Å².